The van der Waals surface area contributed by atoms with Crippen LogP contribution in [0.15, 0.2) is 16.9 Å². The second-order valence-electron chi connectivity index (χ2n) is 11.1. The number of alkyl carbamates (subject to hydrolysis) is 1. The highest BCUT2D eigenvalue weighted by Gasteiger charge is 2.46. The van der Waals surface area contributed by atoms with Crippen LogP contribution < -0.4 is 10.9 Å². The van der Waals surface area contributed by atoms with Crippen molar-refractivity contribution in [3.05, 3.63) is 61.7 Å². The summed E-state index contributed by atoms with van der Waals surface area (Å²) in [5, 5.41) is 23.6. The van der Waals surface area contributed by atoms with Crippen molar-refractivity contribution in [1.29, 1.82) is 0 Å². The lowest BCUT2D eigenvalue weighted by molar-refractivity contribution is -0.172. The average molecular weight is 612 g/mol. The van der Waals surface area contributed by atoms with Crippen LogP contribution in [0.3, 0.4) is 0 Å². The first kappa shape index (κ1) is 30.1. The van der Waals surface area contributed by atoms with E-state index in [0.717, 1.165) is 16.5 Å². The van der Waals surface area contributed by atoms with E-state index in [1.54, 1.807) is 19.9 Å². The van der Waals surface area contributed by atoms with Crippen LogP contribution in [-0.4, -0.2) is 71.5 Å². The molecule has 0 saturated carbocycles. The Hall–Kier alpha value is -3.91. The maximum atomic E-state index is 15.1. The second kappa shape index (κ2) is 11.9. The van der Waals surface area contributed by atoms with Crippen molar-refractivity contribution in [2.75, 3.05) is 39.6 Å². The summed E-state index contributed by atoms with van der Waals surface area (Å²) in [6, 6.07) is 2.46. The molecule has 6 rings (SSSR count). The molecule has 2 aliphatic heterocycles. The van der Waals surface area contributed by atoms with Crippen molar-refractivity contribution in [2.45, 2.75) is 57.9 Å². The maximum absolute atomic E-state index is 15.1. The number of cyclic esters (lactones) is 1. The van der Waals surface area contributed by atoms with E-state index in [1.807, 2.05) is 0 Å². The molecule has 1 aliphatic carbocycles. The lowest BCUT2D eigenvalue weighted by Gasteiger charge is -2.31. The van der Waals surface area contributed by atoms with Crippen molar-refractivity contribution < 1.29 is 43.1 Å². The van der Waals surface area contributed by atoms with Crippen molar-refractivity contribution in [1.82, 2.24) is 14.9 Å². The first-order valence-electron chi connectivity index (χ1n) is 14.7. The SMILES string of the molecule is CC[C@@]1(O)C(=O)OCc2c1cc1n(c2=O)Cc2c-1nc1cc(F)c(C)c3c1c2[C@@H](NC(=O)OCCOCCOCCO)CC3. The fourth-order valence-electron chi connectivity index (χ4n) is 6.46. The zero-order valence-electron chi connectivity index (χ0n) is 24.5. The molecule has 0 radical (unpaired) electrons. The summed E-state index contributed by atoms with van der Waals surface area (Å²) in [5.74, 6) is -1.22. The van der Waals surface area contributed by atoms with Crippen molar-refractivity contribution in [3.8, 4) is 11.4 Å². The fraction of sp³-hybridized carbons (Fsp3) is 0.484. The molecular weight excluding hydrogens is 577 g/mol. The Morgan fingerprint density at radius 1 is 1.16 bits per heavy atom. The molecule has 3 N–H and O–H groups in total. The van der Waals surface area contributed by atoms with Crippen LogP contribution in [0.1, 0.15) is 59.2 Å². The molecule has 0 bridgehead atoms. The first-order chi connectivity index (χ1) is 21.2. The number of halogens is 1. The number of hydrogen-bond acceptors (Lipinski definition) is 10. The number of esters is 1. The number of nitrogens with zero attached hydrogens (tertiary/aromatic N) is 2. The minimum atomic E-state index is -1.98. The largest absolute Gasteiger partial charge is 0.458 e. The second-order valence-corrected chi connectivity index (χ2v) is 11.1. The van der Waals surface area contributed by atoms with Crippen LogP contribution in [0, 0.1) is 12.7 Å². The molecule has 2 aromatic heterocycles. The summed E-state index contributed by atoms with van der Waals surface area (Å²) in [5.41, 5.74) is 1.97. The number of aryl methyl sites for hydroxylation is 1. The summed E-state index contributed by atoms with van der Waals surface area (Å²) < 4.78 is 37.6. The van der Waals surface area contributed by atoms with Gasteiger partial charge in [0.25, 0.3) is 5.56 Å². The fourth-order valence-corrected chi connectivity index (χ4v) is 6.46. The van der Waals surface area contributed by atoms with Gasteiger partial charge in [0.2, 0.25) is 0 Å². The number of aliphatic hydroxyl groups excluding tert-OH is 1. The third kappa shape index (κ3) is 4.93. The molecular formula is C31H34FN3O9. The van der Waals surface area contributed by atoms with E-state index in [1.165, 1.54) is 10.6 Å². The van der Waals surface area contributed by atoms with Crippen LogP contribution in [0.4, 0.5) is 9.18 Å². The number of ether oxygens (including phenoxy) is 4. The van der Waals surface area contributed by atoms with Gasteiger partial charge >= 0.3 is 12.1 Å². The predicted octanol–water partition coefficient (Wildman–Crippen LogP) is 2.27. The Balaban J connectivity index is 1.35. The van der Waals surface area contributed by atoms with Crippen LogP contribution >= 0.6 is 0 Å². The zero-order chi connectivity index (χ0) is 31.2. The summed E-state index contributed by atoms with van der Waals surface area (Å²) in [6.07, 6.45) is 0.328. The zero-order valence-corrected chi connectivity index (χ0v) is 24.5. The molecule has 1 aromatic carbocycles. The van der Waals surface area contributed by atoms with E-state index in [2.05, 4.69) is 5.32 Å². The Bertz CT molecular complexity index is 1720. The standard InChI is InChI=1S/C31H34FN3O9/c1-3-31(40)20-12-24-27-18(14-35(24)28(37)19(20)15-44-29(31)38)26-22(34-30(39)43-11-10-42-9-8-41-7-6-36)5-4-17-16(2)21(32)13-23(33-27)25(17)26/h12-13,22,36,40H,3-11,14-15H2,1-2H3,(H,34,39)/t22-,31-/m0/s1. The highest BCUT2D eigenvalue weighted by atomic mass is 19.1. The molecule has 12 nitrogen and oxygen atoms in total. The van der Waals surface area contributed by atoms with Gasteiger partial charge in [-0.05, 0) is 48.9 Å². The number of aromatic nitrogens is 2. The highest BCUT2D eigenvalue weighted by Crippen LogP contribution is 2.45. The number of benzene rings is 1. The van der Waals surface area contributed by atoms with Gasteiger partial charge in [-0.1, -0.05) is 6.92 Å². The van der Waals surface area contributed by atoms with E-state index in [0.29, 0.717) is 54.1 Å². The minimum absolute atomic E-state index is 0.00939. The minimum Gasteiger partial charge on any atom is -0.458 e. The molecule has 2 atom stereocenters. The van der Waals surface area contributed by atoms with Gasteiger partial charge in [-0.3, -0.25) is 4.79 Å². The molecule has 3 aliphatic rings. The van der Waals surface area contributed by atoms with Gasteiger partial charge in [-0.25, -0.2) is 19.0 Å². The van der Waals surface area contributed by atoms with Gasteiger partial charge in [0.1, 0.15) is 19.0 Å². The summed E-state index contributed by atoms with van der Waals surface area (Å²) in [4.78, 5) is 44.0. The molecule has 44 heavy (non-hydrogen) atoms. The van der Waals surface area contributed by atoms with Crippen LogP contribution in [-0.2, 0) is 48.9 Å². The Morgan fingerprint density at radius 2 is 1.91 bits per heavy atom. The molecule has 1 amide bonds. The number of rotatable bonds is 10. The van der Waals surface area contributed by atoms with Gasteiger partial charge in [-0.2, -0.15) is 0 Å². The normalized spacial score (nSPS) is 19.8. The number of nitrogens with one attached hydrogen (secondary N) is 1. The average Bonchev–Trinajstić information content (AvgIpc) is 3.38. The molecule has 0 saturated heterocycles. The van der Waals surface area contributed by atoms with E-state index in [-0.39, 0.29) is 57.1 Å². The highest BCUT2D eigenvalue weighted by molar-refractivity contribution is 5.93. The van der Waals surface area contributed by atoms with Gasteiger partial charge in [0.15, 0.2) is 5.60 Å². The lowest BCUT2D eigenvalue weighted by Crippen LogP contribution is -2.44. The maximum Gasteiger partial charge on any atom is 0.407 e. The van der Waals surface area contributed by atoms with Crippen molar-refractivity contribution in [3.63, 3.8) is 0 Å². The number of carbonyl (C=O) groups excluding carboxylic acids is 2. The van der Waals surface area contributed by atoms with Crippen LogP contribution in [0.5, 0.6) is 0 Å². The van der Waals surface area contributed by atoms with E-state index < -0.39 is 35.1 Å². The Morgan fingerprint density at radius 3 is 2.66 bits per heavy atom. The molecule has 0 fully saturated rings. The molecule has 0 unspecified atom stereocenters. The van der Waals surface area contributed by atoms with Crippen molar-refractivity contribution >= 4 is 23.0 Å². The van der Waals surface area contributed by atoms with Gasteiger partial charge in [-0.15, -0.1) is 0 Å². The van der Waals surface area contributed by atoms with E-state index >= 15 is 4.39 Å². The number of aliphatic hydroxyl groups is 2. The number of fused-ring (bicyclic) bond motifs is 5. The third-order valence-corrected chi connectivity index (χ3v) is 8.74. The number of pyridine rings is 2. The summed E-state index contributed by atoms with van der Waals surface area (Å²) in [6.45, 7) is 4.17. The topological polar surface area (TPSA) is 158 Å². The van der Waals surface area contributed by atoms with E-state index in [9.17, 15) is 19.5 Å². The molecule has 4 heterocycles. The van der Waals surface area contributed by atoms with Gasteiger partial charge in [0, 0.05) is 22.6 Å². The van der Waals surface area contributed by atoms with Crippen LogP contribution in [0.25, 0.3) is 22.3 Å². The summed E-state index contributed by atoms with van der Waals surface area (Å²) >= 11 is 0. The molecule has 0 spiro atoms. The number of carbonyl (C=O) groups is 2. The predicted molar refractivity (Wildman–Crippen MR) is 153 cm³/mol. The first-order valence-corrected chi connectivity index (χ1v) is 14.7. The van der Waals surface area contributed by atoms with E-state index in [4.69, 9.17) is 29.0 Å². The third-order valence-electron chi connectivity index (χ3n) is 8.74. The number of amides is 1. The Labute approximate surface area is 251 Å². The molecule has 3 aromatic rings. The molecule has 13 heteroatoms. The molecule has 234 valence electrons. The Kier molecular flexibility index (Phi) is 8.14. The lowest BCUT2D eigenvalue weighted by atomic mass is 9.81. The number of hydrogen-bond donors (Lipinski definition) is 3. The summed E-state index contributed by atoms with van der Waals surface area (Å²) in [7, 11) is 0. The smallest absolute Gasteiger partial charge is 0.407 e. The van der Waals surface area contributed by atoms with Gasteiger partial charge < -0.3 is 39.0 Å². The quantitative estimate of drug-likeness (QED) is 0.179. The monoisotopic (exact) mass is 611 g/mol. The van der Waals surface area contributed by atoms with Crippen molar-refractivity contribution in [2.24, 2.45) is 0 Å². The van der Waals surface area contributed by atoms with Crippen LogP contribution in [0.2, 0.25) is 0 Å². The van der Waals surface area contributed by atoms with Gasteiger partial charge in [0.05, 0.1) is 68.1 Å².